The number of para-hydroxylation sites is 1. The summed E-state index contributed by atoms with van der Waals surface area (Å²) in [7, 11) is 0. The molecule has 0 radical (unpaired) electrons. The molecule has 1 heterocycles. The van der Waals surface area contributed by atoms with Gasteiger partial charge in [-0.2, -0.15) is 0 Å². The zero-order valence-corrected chi connectivity index (χ0v) is 15.7. The van der Waals surface area contributed by atoms with E-state index in [-0.39, 0.29) is 23.8 Å². The van der Waals surface area contributed by atoms with Gasteiger partial charge in [0.1, 0.15) is 0 Å². The van der Waals surface area contributed by atoms with E-state index in [1.807, 2.05) is 42.5 Å². The van der Waals surface area contributed by atoms with Crippen LogP contribution in [-0.4, -0.2) is 10.9 Å². The molecule has 0 bridgehead atoms. The van der Waals surface area contributed by atoms with E-state index in [0.29, 0.717) is 5.56 Å². The Morgan fingerprint density at radius 2 is 1.92 bits per heavy atom. The zero-order chi connectivity index (χ0) is 18.0. The standard InChI is InChI=1S/C20H19BrN2O2/c1-12(2)16-11-15(21)7-8-18(16)22-19(24)10-14-9-13-5-3-4-6-17(13)23-20(14)25/h3-9,11-12H,10H2,1-2H3,(H,22,24)(H,23,25). The number of amides is 1. The molecule has 0 saturated carbocycles. The quantitative estimate of drug-likeness (QED) is 0.674. The highest BCUT2D eigenvalue weighted by molar-refractivity contribution is 9.10. The summed E-state index contributed by atoms with van der Waals surface area (Å²) in [5.41, 5.74) is 2.83. The Morgan fingerprint density at radius 1 is 1.16 bits per heavy atom. The van der Waals surface area contributed by atoms with Crippen molar-refractivity contribution in [2.75, 3.05) is 5.32 Å². The van der Waals surface area contributed by atoms with Gasteiger partial charge in [0.2, 0.25) is 5.91 Å². The Labute approximate surface area is 154 Å². The van der Waals surface area contributed by atoms with Gasteiger partial charge in [-0.3, -0.25) is 9.59 Å². The number of H-pyrrole nitrogens is 1. The lowest BCUT2D eigenvalue weighted by molar-refractivity contribution is -0.115. The highest BCUT2D eigenvalue weighted by Gasteiger charge is 2.13. The molecular weight excluding hydrogens is 380 g/mol. The number of aromatic nitrogens is 1. The first kappa shape index (κ1) is 17.4. The molecule has 5 heteroatoms. The third-order valence-electron chi connectivity index (χ3n) is 4.09. The molecule has 0 aliphatic heterocycles. The summed E-state index contributed by atoms with van der Waals surface area (Å²) in [6, 6.07) is 15.1. The highest BCUT2D eigenvalue weighted by Crippen LogP contribution is 2.27. The summed E-state index contributed by atoms with van der Waals surface area (Å²) >= 11 is 3.46. The monoisotopic (exact) mass is 398 g/mol. The van der Waals surface area contributed by atoms with Gasteiger partial charge in [-0.15, -0.1) is 0 Å². The van der Waals surface area contributed by atoms with E-state index >= 15 is 0 Å². The lowest BCUT2D eigenvalue weighted by atomic mass is 10.0. The maximum atomic E-state index is 12.5. The molecule has 0 aliphatic carbocycles. The van der Waals surface area contributed by atoms with Gasteiger partial charge in [-0.05, 0) is 47.2 Å². The zero-order valence-electron chi connectivity index (χ0n) is 14.1. The van der Waals surface area contributed by atoms with Crippen molar-refractivity contribution in [2.45, 2.75) is 26.2 Å². The summed E-state index contributed by atoms with van der Waals surface area (Å²) in [4.78, 5) is 27.5. The van der Waals surface area contributed by atoms with Crippen LogP contribution in [0.5, 0.6) is 0 Å². The third kappa shape index (κ3) is 3.99. The van der Waals surface area contributed by atoms with Crippen molar-refractivity contribution < 1.29 is 4.79 Å². The first-order chi connectivity index (χ1) is 11.9. The molecule has 3 aromatic rings. The van der Waals surface area contributed by atoms with Crippen LogP contribution in [0.15, 0.2) is 57.8 Å². The average Bonchev–Trinajstić information content (AvgIpc) is 2.57. The molecule has 0 atom stereocenters. The molecule has 0 aliphatic rings. The van der Waals surface area contributed by atoms with Crippen LogP contribution in [0, 0.1) is 0 Å². The number of pyridine rings is 1. The molecule has 0 unspecified atom stereocenters. The van der Waals surface area contributed by atoms with E-state index in [0.717, 1.165) is 26.6 Å². The average molecular weight is 399 g/mol. The molecule has 1 amide bonds. The SMILES string of the molecule is CC(C)c1cc(Br)ccc1NC(=O)Cc1cc2ccccc2[nH]c1=O. The van der Waals surface area contributed by atoms with Gasteiger partial charge < -0.3 is 10.3 Å². The Morgan fingerprint density at radius 3 is 2.68 bits per heavy atom. The fourth-order valence-corrected chi connectivity index (χ4v) is 3.20. The number of anilines is 1. The van der Waals surface area contributed by atoms with Crippen LogP contribution < -0.4 is 10.9 Å². The summed E-state index contributed by atoms with van der Waals surface area (Å²) in [5, 5.41) is 3.84. The number of nitrogens with one attached hydrogen (secondary N) is 2. The Bertz CT molecular complexity index is 992. The second kappa shape index (κ2) is 7.23. The summed E-state index contributed by atoms with van der Waals surface area (Å²) in [5.74, 6) is 0.0712. The minimum absolute atomic E-state index is 0.0355. The topological polar surface area (TPSA) is 62.0 Å². The number of fused-ring (bicyclic) bond motifs is 1. The number of halogens is 1. The van der Waals surface area contributed by atoms with Gasteiger partial charge in [-0.25, -0.2) is 0 Å². The maximum absolute atomic E-state index is 12.5. The van der Waals surface area contributed by atoms with Crippen LogP contribution in [0.4, 0.5) is 5.69 Å². The molecule has 2 aromatic carbocycles. The van der Waals surface area contributed by atoms with Crippen LogP contribution in [0.3, 0.4) is 0 Å². The van der Waals surface area contributed by atoms with Crippen molar-refractivity contribution >= 4 is 38.4 Å². The van der Waals surface area contributed by atoms with E-state index in [4.69, 9.17) is 0 Å². The third-order valence-corrected chi connectivity index (χ3v) is 4.58. The molecule has 0 fully saturated rings. The van der Waals surface area contributed by atoms with Crippen molar-refractivity contribution in [3.05, 3.63) is 74.5 Å². The van der Waals surface area contributed by atoms with Crippen molar-refractivity contribution in [2.24, 2.45) is 0 Å². The number of carbonyl (C=O) groups is 1. The van der Waals surface area contributed by atoms with Gasteiger partial charge >= 0.3 is 0 Å². The molecule has 2 N–H and O–H groups in total. The summed E-state index contributed by atoms with van der Waals surface area (Å²) in [6.45, 7) is 4.15. The van der Waals surface area contributed by atoms with Crippen molar-refractivity contribution in [1.29, 1.82) is 0 Å². The molecule has 128 valence electrons. The Hall–Kier alpha value is -2.40. The number of rotatable bonds is 4. The number of carbonyl (C=O) groups excluding carboxylic acids is 1. The number of aromatic amines is 1. The van der Waals surface area contributed by atoms with Crippen LogP contribution in [-0.2, 0) is 11.2 Å². The normalized spacial score (nSPS) is 11.0. The molecule has 4 nitrogen and oxygen atoms in total. The lowest BCUT2D eigenvalue weighted by Crippen LogP contribution is -2.21. The van der Waals surface area contributed by atoms with E-state index in [2.05, 4.69) is 40.1 Å². The lowest BCUT2D eigenvalue weighted by Gasteiger charge is -2.14. The first-order valence-corrected chi connectivity index (χ1v) is 8.93. The second-order valence-corrected chi connectivity index (χ2v) is 7.24. The molecule has 25 heavy (non-hydrogen) atoms. The summed E-state index contributed by atoms with van der Waals surface area (Å²) < 4.78 is 0.972. The van der Waals surface area contributed by atoms with Gasteiger partial charge in [0, 0.05) is 21.2 Å². The predicted molar refractivity (Wildman–Crippen MR) is 105 cm³/mol. The van der Waals surface area contributed by atoms with Crippen molar-refractivity contribution in [3.8, 4) is 0 Å². The van der Waals surface area contributed by atoms with Crippen LogP contribution >= 0.6 is 15.9 Å². The predicted octanol–water partition coefficient (Wildman–Crippen LogP) is 4.60. The van der Waals surface area contributed by atoms with E-state index < -0.39 is 0 Å². The van der Waals surface area contributed by atoms with Crippen LogP contribution in [0.2, 0.25) is 0 Å². The van der Waals surface area contributed by atoms with Crippen LogP contribution in [0.25, 0.3) is 10.9 Å². The fourth-order valence-electron chi connectivity index (χ4n) is 2.82. The van der Waals surface area contributed by atoms with Crippen molar-refractivity contribution in [1.82, 2.24) is 4.98 Å². The smallest absolute Gasteiger partial charge is 0.252 e. The van der Waals surface area contributed by atoms with E-state index in [9.17, 15) is 9.59 Å². The molecular formula is C20H19BrN2O2. The van der Waals surface area contributed by atoms with Crippen molar-refractivity contribution in [3.63, 3.8) is 0 Å². The number of hydrogen-bond acceptors (Lipinski definition) is 2. The number of hydrogen-bond donors (Lipinski definition) is 2. The maximum Gasteiger partial charge on any atom is 0.252 e. The molecule has 0 spiro atoms. The Kier molecular flexibility index (Phi) is 5.04. The fraction of sp³-hybridized carbons (Fsp3) is 0.200. The van der Waals surface area contributed by atoms with E-state index in [1.54, 1.807) is 6.07 Å². The largest absolute Gasteiger partial charge is 0.326 e. The molecule has 3 rings (SSSR count). The van der Waals surface area contributed by atoms with Gasteiger partial charge in [0.05, 0.1) is 6.42 Å². The summed E-state index contributed by atoms with van der Waals surface area (Å²) in [6.07, 6.45) is 0.0355. The second-order valence-electron chi connectivity index (χ2n) is 6.32. The minimum Gasteiger partial charge on any atom is -0.326 e. The first-order valence-electron chi connectivity index (χ1n) is 8.14. The molecule has 1 aromatic heterocycles. The van der Waals surface area contributed by atoms with E-state index in [1.165, 1.54) is 0 Å². The van der Waals surface area contributed by atoms with Gasteiger partial charge in [0.15, 0.2) is 0 Å². The minimum atomic E-state index is -0.228. The van der Waals surface area contributed by atoms with Gasteiger partial charge in [-0.1, -0.05) is 48.0 Å². The van der Waals surface area contributed by atoms with Gasteiger partial charge in [0.25, 0.3) is 5.56 Å². The molecule has 0 saturated heterocycles. The number of benzene rings is 2. The Balaban J connectivity index is 1.84. The highest BCUT2D eigenvalue weighted by atomic mass is 79.9. The van der Waals surface area contributed by atoms with Crippen LogP contribution in [0.1, 0.15) is 30.9 Å².